The predicted octanol–water partition coefficient (Wildman–Crippen LogP) is 1.85. The molecule has 0 atom stereocenters. The molecule has 17 heavy (non-hydrogen) atoms. The molecule has 0 amide bonds. The van der Waals surface area contributed by atoms with Crippen molar-refractivity contribution in [1.29, 1.82) is 0 Å². The van der Waals surface area contributed by atoms with Gasteiger partial charge in [-0.3, -0.25) is 5.10 Å². The first-order chi connectivity index (χ1) is 8.20. The van der Waals surface area contributed by atoms with Gasteiger partial charge in [0.25, 0.3) is 0 Å². The summed E-state index contributed by atoms with van der Waals surface area (Å²) in [4.78, 5) is 8.67. The van der Waals surface area contributed by atoms with Crippen molar-refractivity contribution >= 4 is 22.8 Å². The van der Waals surface area contributed by atoms with Gasteiger partial charge in [-0.1, -0.05) is 13.8 Å². The van der Waals surface area contributed by atoms with Crippen molar-refractivity contribution in [2.75, 3.05) is 24.2 Å². The molecule has 0 saturated heterocycles. The lowest BCUT2D eigenvalue weighted by atomic mass is 10.1. The number of nitrogens with one attached hydrogen (secondary N) is 3. The van der Waals surface area contributed by atoms with Crippen LogP contribution in [0.15, 0.2) is 6.20 Å². The number of hydrogen-bond donors (Lipinski definition) is 3. The van der Waals surface area contributed by atoms with E-state index in [1.54, 1.807) is 13.2 Å². The molecule has 0 bridgehead atoms. The molecule has 0 saturated carbocycles. The Kier molecular flexibility index (Phi) is 3.41. The van der Waals surface area contributed by atoms with Gasteiger partial charge in [0, 0.05) is 13.6 Å². The Hall–Kier alpha value is -1.85. The number of rotatable bonds is 5. The molecule has 2 rings (SSSR count). The number of nitrogens with zero attached hydrogens (tertiary/aromatic N) is 3. The van der Waals surface area contributed by atoms with Gasteiger partial charge in [-0.25, -0.2) is 0 Å². The summed E-state index contributed by atoms with van der Waals surface area (Å²) in [5.41, 5.74) is 0.747. The Labute approximate surface area is 100 Å². The highest BCUT2D eigenvalue weighted by Gasteiger charge is 2.08. The van der Waals surface area contributed by atoms with Crippen LogP contribution in [0.5, 0.6) is 0 Å². The Morgan fingerprint density at radius 2 is 2.18 bits per heavy atom. The maximum absolute atomic E-state index is 4.40. The number of hydrogen-bond acceptors (Lipinski definition) is 5. The van der Waals surface area contributed by atoms with Crippen molar-refractivity contribution in [2.24, 2.45) is 5.92 Å². The Bertz CT molecular complexity index is 490. The van der Waals surface area contributed by atoms with Gasteiger partial charge in [0.2, 0.25) is 5.95 Å². The minimum Gasteiger partial charge on any atom is -0.369 e. The van der Waals surface area contributed by atoms with Gasteiger partial charge < -0.3 is 10.6 Å². The zero-order valence-corrected chi connectivity index (χ0v) is 10.4. The first-order valence-electron chi connectivity index (χ1n) is 5.83. The van der Waals surface area contributed by atoms with Gasteiger partial charge in [0.05, 0.1) is 11.6 Å². The first-order valence-corrected chi connectivity index (χ1v) is 5.83. The van der Waals surface area contributed by atoms with E-state index >= 15 is 0 Å². The zero-order valence-electron chi connectivity index (χ0n) is 10.4. The number of anilines is 2. The smallest absolute Gasteiger partial charge is 0.226 e. The van der Waals surface area contributed by atoms with Crippen LogP contribution in [0.2, 0.25) is 0 Å². The van der Waals surface area contributed by atoms with Gasteiger partial charge in [0.15, 0.2) is 5.65 Å². The van der Waals surface area contributed by atoms with E-state index < -0.39 is 0 Å². The van der Waals surface area contributed by atoms with E-state index in [2.05, 4.69) is 44.6 Å². The molecular formula is C11H18N6. The molecule has 6 nitrogen and oxygen atoms in total. The van der Waals surface area contributed by atoms with E-state index in [0.29, 0.717) is 11.9 Å². The molecule has 2 aromatic heterocycles. The van der Waals surface area contributed by atoms with Crippen LogP contribution in [0.1, 0.15) is 20.3 Å². The van der Waals surface area contributed by atoms with E-state index in [1.165, 1.54) is 0 Å². The fourth-order valence-corrected chi connectivity index (χ4v) is 1.56. The third-order valence-electron chi connectivity index (χ3n) is 2.55. The average Bonchev–Trinajstić information content (AvgIpc) is 2.76. The summed E-state index contributed by atoms with van der Waals surface area (Å²) in [5.74, 6) is 2.09. The van der Waals surface area contributed by atoms with Crippen LogP contribution in [-0.4, -0.2) is 33.8 Å². The minimum atomic E-state index is 0.591. The molecule has 0 aliphatic carbocycles. The molecule has 0 unspecified atom stereocenters. The Morgan fingerprint density at radius 3 is 2.88 bits per heavy atom. The summed E-state index contributed by atoms with van der Waals surface area (Å²) >= 11 is 0. The van der Waals surface area contributed by atoms with E-state index in [-0.39, 0.29) is 0 Å². The molecule has 6 heteroatoms. The van der Waals surface area contributed by atoms with Crippen LogP contribution in [-0.2, 0) is 0 Å². The average molecular weight is 234 g/mol. The number of aromatic nitrogens is 4. The second-order valence-corrected chi connectivity index (χ2v) is 4.39. The molecular weight excluding hydrogens is 216 g/mol. The highest BCUT2D eigenvalue weighted by atomic mass is 15.2. The van der Waals surface area contributed by atoms with Gasteiger partial charge in [0.1, 0.15) is 5.82 Å². The highest BCUT2D eigenvalue weighted by molar-refractivity contribution is 5.86. The fraction of sp³-hybridized carbons (Fsp3) is 0.545. The van der Waals surface area contributed by atoms with Crippen LogP contribution in [0, 0.1) is 5.92 Å². The Balaban J connectivity index is 2.21. The van der Waals surface area contributed by atoms with E-state index in [9.17, 15) is 0 Å². The van der Waals surface area contributed by atoms with Gasteiger partial charge in [-0.15, -0.1) is 0 Å². The lowest BCUT2D eigenvalue weighted by Gasteiger charge is -2.09. The standard InChI is InChI=1S/C11H18N6/c1-7(2)4-5-13-9-8-6-14-17-10(8)16-11(12-3)15-9/h6-7H,4-5H2,1-3H3,(H3,12,13,14,15,16,17). The molecule has 0 fully saturated rings. The fourth-order valence-electron chi connectivity index (χ4n) is 1.56. The van der Waals surface area contributed by atoms with Crippen molar-refractivity contribution in [2.45, 2.75) is 20.3 Å². The zero-order chi connectivity index (χ0) is 12.3. The molecule has 0 aliphatic heterocycles. The third kappa shape index (κ3) is 2.64. The van der Waals surface area contributed by atoms with Gasteiger partial charge >= 0.3 is 0 Å². The highest BCUT2D eigenvalue weighted by Crippen LogP contribution is 2.19. The maximum Gasteiger partial charge on any atom is 0.226 e. The Morgan fingerprint density at radius 1 is 1.35 bits per heavy atom. The van der Waals surface area contributed by atoms with E-state index in [4.69, 9.17) is 0 Å². The van der Waals surface area contributed by atoms with Crippen molar-refractivity contribution in [3.05, 3.63) is 6.20 Å². The molecule has 0 aliphatic rings. The lowest BCUT2D eigenvalue weighted by Crippen LogP contribution is -2.08. The van der Waals surface area contributed by atoms with Gasteiger partial charge in [-0.05, 0) is 12.3 Å². The molecule has 2 heterocycles. The van der Waals surface area contributed by atoms with E-state index in [1.807, 2.05) is 0 Å². The number of H-pyrrole nitrogens is 1. The number of fused-ring (bicyclic) bond motifs is 1. The number of aromatic amines is 1. The topological polar surface area (TPSA) is 78.5 Å². The van der Waals surface area contributed by atoms with Crippen LogP contribution in [0.4, 0.5) is 11.8 Å². The van der Waals surface area contributed by atoms with Crippen LogP contribution in [0.3, 0.4) is 0 Å². The molecule has 0 aromatic carbocycles. The summed E-state index contributed by atoms with van der Waals surface area (Å²) in [5, 5.41) is 14.0. The van der Waals surface area contributed by atoms with Crippen LogP contribution < -0.4 is 10.6 Å². The first kappa shape index (κ1) is 11.6. The van der Waals surface area contributed by atoms with Crippen molar-refractivity contribution in [3.63, 3.8) is 0 Å². The van der Waals surface area contributed by atoms with Crippen LogP contribution >= 0.6 is 0 Å². The van der Waals surface area contributed by atoms with Gasteiger partial charge in [-0.2, -0.15) is 15.1 Å². The predicted molar refractivity (Wildman–Crippen MR) is 69.2 cm³/mol. The third-order valence-corrected chi connectivity index (χ3v) is 2.55. The molecule has 92 valence electrons. The van der Waals surface area contributed by atoms with Crippen molar-refractivity contribution in [1.82, 2.24) is 20.2 Å². The van der Waals surface area contributed by atoms with Crippen LogP contribution in [0.25, 0.3) is 11.0 Å². The lowest BCUT2D eigenvalue weighted by molar-refractivity contribution is 0.607. The second kappa shape index (κ2) is 4.99. The summed E-state index contributed by atoms with van der Waals surface area (Å²) in [6.45, 7) is 5.31. The second-order valence-electron chi connectivity index (χ2n) is 4.39. The largest absolute Gasteiger partial charge is 0.369 e. The summed E-state index contributed by atoms with van der Waals surface area (Å²) in [7, 11) is 1.80. The molecule has 2 aromatic rings. The molecule has 3 N–H and O–H groups in total. The maximum atomic E-state index is 4.40. The molecule has 0 radical (unpaired) electrons. The monoisotopic (exact) mass is 234 g/mol. The van der Waals surface area contributed by atoms with Crippen molar-refractivity contribution in [3.8, 4) is 0 Å². The minimum absolute atomic E-state index is 0.591. The quantitative estimate of drug-likeness (QED) is 0.736. The summed E-state index contributed by atoms with van der Waals surface area (Å²) in [6, 6.07) is 0. The summed E-state index contributed by atoms with van der Waals surface area (Å²) in [6.07, 6.45) is 2.85. The summed E-state index contributed by atoms with van der Waals surface area (Å²) < 4.78 is 0. The van der Waals surface area contributed by atoms with Crippen molar-refractivity contribution < 1.29 is 0 Å². The normalized spacial score (nSPS) is 11.1. The molecule has 0 spiro atoms. The van der Waals surface area contributed by atoms with E-state index in [0.717, 1.165) is 29.8 Å². The SMILES string of the molecule is CNc1nc(NCCC(C)C)c2cn[nH]c2n1.